The number of ether oxygens (including phenoxy) is 1. The van der Waals surface area contributed by atoms with Gasteiger partial charge in [0.2, 0.25) is 5.91 Å². The van der Waals surface area contributed by atoms with E-state index in [9.17, 15) is 9.59 Å². The predicted molar refractivity (Wildman–Crippen MR) is 115 cm³/mol. The Bertz CT molecular complexity index is 1180. The second-order valence-corrected chi connectivity index (χ2v) is 8.34. The molecule has 3 aromatic rings. The molecule has 154 valence electrons. The van der Waals surface area contributed by atoms with E-state index in [0.717, 1.165) is 40.6 Å². The largest absolute Gasteiger partial charge is 0.479 e. The number of carbonyl (C=O) groups excluding carboxylic acids is 1. The molecule has 1 amide bonds. The van der Waals surface area contributed by atoms with Crippen LogP contribution in [0.1, 0.15) is 35.3 Å². The van der Waals surface area contributed by atoms with Crippen LogP contribution < -0.4 is 15.6 Å². The van der Waals surface area contributed by atoms with E-state index >= 15 is 0 Å². The summed E-state index contributed by atoms with van der Waals surface area (Å²) in [6.07, 6.45) is 5.99. The number of nitriles is 1. The van der Waals surface area contributed by atoms with Crippen LogP contribution in [0, 0.1) is 11.3 Å². The molecule has 0 aliphatic heterocycles. The van der Waals surface area contributed by atoms with Crippen molar-refractivity contribution in [3.63, 3.8) is 0 Å². The summed E-state index contributed by atoms with van der Waals surface area (Å²) in [5.41, 5.74) is 1.99. The number of aromatic nitrogens is 2. The van der Waals surface area contributed by atoms with Gasteiger partial charge in [0, 0.05) is 24.4 Å². The molecule has 1 aliphatic rings. The topological polar surface area (TPSA) is 97.0 Å². The third-order valence-corrected chi connectivity index (χ3v) is 6.41. The number of hydrogen-bond donors (Lipinski definition) is 1. The van der Waals surface area contributed by atoms with Gasteiger partial charge >= 0.3 is 0 Å². The average Bonchev–Trinajstić information content (AvgIpc) is 3.15. The van der Waals surface area contributed by atoms with E-state index < -0.39 is 0 Å². The molecule has 0 atom stereocenters. The zero-order chi connectivity index (χ0) is 20.9. The smallest absolute Gasteiger partial charge is 0.262 e. The van der Waals surface area contributed by atoms with E-state index in [1.54, 1.807) is 34.4 Å². The summed E-state index contributed by atoms with van der Waals surface area (Å²) < 4.78 is 6.81. The van der Waals surface area contributed by atoms with Crippen molar-refractivity contribution in [3.8, 4) is 11.8 Å². The number of fused-ring (bicyclic) bond motifs is 3. The Morgan fingerprint density at radius 2 is 2.20 bits per heavy atom. The van der Waals surface area contributed by atoms with Crippen LogP contribution in [0.15, 0.2) is 35.4 Å². The number of carbonyl (C=O) groups is 1. The van der Waals surface area contributed by atoms with Gasteiger partial charge in [0.15, 0.2) is 6.61 Å². The highest BCUT2D eigenvalue weighted by atomic mass is 32.1. The maximum Gasteiger partial charge on any atom is 0.262 e. The van der Waals surface area contributed by atoms with Crippen LogP contribution >= 0.6 is 11.3 Å². The van der Waals surface area contributed by atoms with Crippen molar-refractivity contribution < 1.29 is 9.53 Å². The Labute approximate surface area is 177 Å². The molecule has 4 rings (SSSR count). The number of aryl methyl sites for hydroxylation is 3. The van der Waals surface area contributed by atoms with Crippen LogP contribution in [0.5, 0.6) is 5.75 Å². The average molecular weight is 423 g/mol. The molecule has 1 N–H and O–H groups in total. The molecule has 0 radical (unpaired) electrons. The molecule has 1 aromatic carbocycles. The molecular formula is C22H22N4O3S. The summed E-state index contributed by atoms with van der Waals surface area (Å²) in [4.78, 5) is 31.8. The van der Waals surface area contributed by atoms with E-state index in [-0.39, 0.29) is 24.5 Å². The number of nitrogens with one attached hydrogen (secondary N) is 1. The molecular weight excluding hydrogens is 400 g/mol. The van der Waals surface area contributed by atoms with Gasteiger partial charge in [0.1, 0.15) is 16.6 Å². The van der Waals surface area contributed by atoms with Gasteiger partial charge in [-0.15, -0.1) is 11.3 Å². The normalized spacial score (nSPS) is 12.9. The SMILES string of the molecule is N#CCOc1cccc(CNC(=O)CCn2cnc3sc4c(c3c2=O)CCCC4)c1. The monoisotopic (exact) mass is 422 g/mol. The van der Waals surface area contributed by atoms with Crippen LogP contribution in [0.3, 0.4) is 0 Å². The molecule has 30 heavy (non-hydrogen) atoms. The predicted octanol–water partition coefficient (Wildman–Crippen LogP) is 2.95. The number of benzene rings is 1. The molecule has 0 spiro atoms. The van der Waals surface area contributed by atoms with Gasteiger partial charge < -0.3 is 10.1 Å². The Kier molecular flexibility index (Phi) is 6.10. The molecule has 8 heteroatoms. The number of hydrogen-bond acceptors (Lipinski definition) is 6. The van der Waals surface area contributed by atoms with Gasteiger partial charge in [-0.25, -0.2) is 4.98 Å². The van der Waals surface area contributed by atoms with Crippen LogP contribution in [-0.4, -0.2) is 22.1 Å². The van der Waals surface area contributed by atoms with Crippen molar-refractivity contribution in [1.82, 2.24) is 14.9 Å². The van der Waals surface area contributed by atoms with Gasteiger partial charge in [-0.2, -0.15) is 5.26 Å². The van der Waals surface area contributed by atoms with Crippen molar-refractivity contribution in [3.05, 3.63) is 57.0 Å². The summed E-state index contributed by atoms with van der Waals surface area (Å²) in [7, 11) is 0. The molecule has 0 unspecified atom stereocenters. The van der Waals surface area contributed by atoms with E-state index in [4.69, 9.17) is 10.00 Å². The minimum absolute atomic E-state index is 0.0176. The zero-order valence-electron chi connectivity index (χ0n) is 16.5. The Balaban J connectivity index is 1.37. The molecule has 0 saturated heterocycles. The second-order valence-electron chi connectivity index (χ2n) is 7.26. The number of nitrogens with zero attached hydrogens (tertiary/aromatic N) is 3. The fourth-order valence-electron chi connectivity index (χ4n) is 3.71. The van der Waals surface area contributed by atoms with Crippen molar-refractivity contribution in [2.45, 2.75) is 45.2 Å². The first-order valence-corrected chi connectivity index (χ1v) is 10.8. The summed E-state index contributed by atoms with van der Waals surface area (Å²) in [6, 6.07) is 9.17. The van der Waals surface area contributed by atoms with E-state index in [1.807, 2.05) is 18.2 Å². The maximum atomic E-state index is 12.9. The van der Waals surface area contributed by atoms with Gasteiger partial charge in [-0.3, -0.25) is 14.2 Å². The second kappa shape index (κ2) is 9.09. The molecule has 7 nitrogen and oxygen atoms in total. The van der Waals surface area contributed by atoms with E-state index in [2.05, 4.69) is 10.3 Å². The maximum absolute atomic E-state index is 12.9. The highest BCUT2D eigenvalue weighted by Crippen LogP contribution is 2.33. The highest BCUT2D eigenvalue weighted by molar-refractivity contribution is 7.18. The van der Waals surface area contributed by atoms with Gasteiger partial charge in [-0.05, 0) is 48.9 Å². The zero-order valence-corrected chi connectivity index (χ0v) is 17.3. The Morgan fingerprint density at radius 3 is 3.07 bits per heavy atom. The summed E-state index contributed by atoms with van der Waals surface area (Å²) in [6.45, 7) is 0.632. The molecule has 0 bridgehead atoms. The van der Waals surface area contributed by atoms with Crippen molar-refractivity contribution >= 4 is 27.5 Å². The molecule has 0 saturated carbocycles. The van der Waals surface area contributed by atoms with Crippen molar-refractivity contribution in [2.75, 3.05) is 6.61 Å². The third-order valence-electron chi connectivity index (χ3n) is 5.21. The van der Waals surface area contributed by atoms with Crippen LogP contribution in [0.2, 0.25) is 0 Å². The van der Waals surface area contributed by atoms with Gasteiger partial charge in [0.25, 0.3) is 5.56 Å². The first kappa shape index (κ1) is 20.1. The number of thiophene rings is 1. The third kappa shape index (κ3) is 4.36. The lowest BCUT2D eigenvalue weighted by molar-refractivity contribution is -0.121. The van der Waals surface area contributed by atoms with Crippen LogP contribution in [-0.2, 0) is 30.7 Å². The van der Waals surface area contributed by atoms with Crippen molar-refractivity contribution in [2.24, 2.45) is 0 Å². The molecule has 0 fully saturated rings. The first-order chi connectivity index (χ1) is 14.7. The summed E-state index contributed by atoms with van der Waals surface area (Å²) >= 11 is 1.63. The molecule has 2 heterocycles. The lowest BCUT2D eigenvalue weighted by Gasteiger charge is -2.11. The van der Waals surface area contributed by atoms with Crippen LogP contribution in [0.4, 0.5) is 0 Å². The fourth-order valence-corrected chi connectivity index (χ4v) is 4.93. The summed E-state index contributed by atoms with van der Waals surface area (Å²) in [5.74, 6) is 0.450. The Hall–Kier alpha value is -3.18. The highest BCUT2D eigenvalue weighted by Gasteiger charge is 2.20. The molecule has 1 aliphatic carbocycles. The standard InChI is InChI=1S/C22H22N4O3S/c23-9-11-29-16-5-3-4-15(12-16)13-24-19(27)8-10-26-14-25-21-20(22(26)28)17-6-1-2-7-18(17)30-21/h3-5,12,14H,1-2,6-8,10-11,13H2,(H,24,27). The first-order valence-electron chi connectivity index (χ1n) is 10.0. The van der Waals surface area contributed by atoms with Crippen molar-refractivity contribution in [1.29, 1.82) is 5.26 Å². The van der Waals surface area contributed by atoms with E-state index in [0.29, 0.717) is 18.8 Å². The molecule has 2 aromatic heterocycles. The quantitative estimate of drug-likeness (QED) is 0.631. The lowest BCUT2D eigenvalue weighted by Crippen LogP contribution is -2.27. The summed E-state index contributed by atoms with van der Waals surface area (Å²) in [5, 5.41) is 12.2. The fraction of sp³-hybridized carbons (Fsp3) is 0.364. The number of rotatable bonds is 7. The minimum Gasteiger partial charge on any atom is -0.479 e. The van der Waals surface area contributed by atoms with Crippen LogP contribution in [0.25, 0.3) is 10.2 Å². The Morgan fingerprint density at radius 1 is 1.33 bits per heavy atom. The minimum atomic E-state index is -0.141. The lowest BCUT2D eigenvalue weighted by atomic mass is 9.97. The number of amides is 1. The van der Waals surface area contributed by atoms with Gasteiger partial charge in [-0.1, -0.05) is 12.1 Å². The van der Waals surface area contributed by atoms with Gasteiger partial charge in [0.05, 0.1) is 11.7 Å². The van der Waals surface area contributed by atoms with E-state index in [1.165, 1.54) is 11.3 Å².